The van der Waals surface area contributed by atoms with Gasteiger partial charge in [-0.2, -0.15) is 0 Å². The molecule has 1 aromatic rings. The standard InChI is InChI=1S/C15H18BrClO/c1-15(2)5-3-10-13(12(17)8-15)11(16)7-9-4-6-18-14(9)10/h7,12H,3-6,8H2,1-2H3. The van der Waals surface area contributed by atoms with E-state index in [1.807, 2.05) is 0 Å². The van der Waals surface area contributed by atoms with Gasteiger partial charge in [0.05, 0.1) is 12.0 Å². The highest BCUT2D eigenvalue weighted by Crippen LogP contribution is 2.49. The molecule has 1 aliphatic carbocycles. The molecule has 1 heterocycles. The third-order valence-electron chi connectivity index (χ3n) is 4.16. The van der Waals surface area contributed by atoms with Gasteiger partial charge in [0.15, 0.2) is 0 Å². The van der Waals surface area contributed by atoms with Crippen LogP contribution in [0.5, 0.6) is 5.75 Å². The van der Waals surface area contributed by atoms with Crippen molar-refractivity contribution in [2.24, 2.45) is 5.41 Å². The first-order valence-corrected chi connectivity index (χ1v) is 7.82. The van der Waals surface area contributed by atoms with Crippen LogP contribution in [0.15, 0.2) is 10.5 Å². The average Bonchev–Trinajstić information content (AvgIpc) is 2.67. The van der Waals surface area contributed by atoms with E-state index in [-0.39, 0.29) is 5.38 Å². The van der Waals surface area contributed by atoms with Crippen LogP contribution < -0.4 is 4.74 Å². The summed E-state index contributed by atoms with van der Waals surface area (Å²) in [6.45, 7) is 5.43. The van der Waals surface area contributed by atoms with Crippen molar-refractivity contribution in [1.29, 1.82) is 0 Å². The summed E-state index contributed by atoms with van der Waals surface area (Å²) in [4.78, 5) is 0. The molecule has 1 nitrogen and oxygen atoms in total. The summed E-state index contributed by atoms with van der Waals surface area (Å²) >= 11 is 10.4. The van der Waals surface area contributed by atoms with E-state index in [0.29, 0.717) is 5.41 Å². The summed E-state index contributed by atoms with van der Waals surface area (Å²) in [5, 5.41) is 0.0846. The molecule has 0 spiro atoms. The zero-order valence-corrected chi connectivity index (χ0v) is 13.2. The van der Waals surface area contributed by atoms with Crippen molar-refractivity contribution >= 4 is 27.5 Å². The molecule has 0 radical (unpaired) electrons. The van der Waals surface area contributed by atoms with Crippen LogP contribution in [-0.2, 0) is 12.8 Å². The fourth-order valence-corrected chi connectivity index (χ4v) is 4.72. The van der Waals surface area contributed by atoms with Crippen LogP contribution in [0.25, 0.3) is 0 Å². The summed E-state index contributed by atoms with van der Waals surface area (Å²) in [5.74, 6) is 1.12. The number of hydrogen-bond acceptors (Lipinski definition) is 1. The van der Waals surface area contributed by atoms with Crippen molar-refractivity contribution in [2.75, 3.05) is 6.61 Å². The first kappa shape index (κ1) is 12.8. The molecule has 0 fully saturated rings. The van der Waals surface area contributed by atoms with E-state index in [0.717, 1.165) is 31.6 Å². The van der Waals surface area contributed by atoms with Crippen molar-refractivity contribution < 1.29 is 4.74 Å². The fraction of sp³-hybridized carbons (Fsp3) is 0.600. The highest BCUT2D eigenvalue weighted by atomic mass is 79.9. The van der Waals surface area contributed by atoms with Crippen LogP contribution in [0.3, 0.4) is 0 Å². The van der Waals surface area contributed by atoms with Gasteiger partial charge in [-0.15, -0.1) is 11.6 Å². The van der Waals surface area contributed by atoms with E-state index in [1.165, 1.54) is 27.6 Å². The van der Waals surface area contributed by atoms with E-state index in [2.05, 4.69) is 35.8 Å². The molecule has 1 atom stereocenters. The van der Waals surface area contributed by atoms with Crippen molar-refractivity contribution in [2.45, 2.75) is 44.9 Å². The highest BCUT2D eigenvalue weighted by molar-refractivity contribution is 9.10. The van der Waals surface area contributed by atoms with E-state index in [1.54, 1.807) is 0 Å². The smallest absolute Gasteiger partial charge is 0.126 e. The van der Waals surface area contributed by atoms with E-state index < -0.39 is 0 Å². The number of fused-ring (bicyclic) bond motifs is 3. The summed E-state index contributed by atoms with van der Waals surface area (Å²) in [6.07, 6.45) is 4.30. The lowest BCUT2D eigenvalue weighted by molar-refractivity contribution is 0.311. The number of alkyl halides is 1. The Morgan fingerprint density at radius 2 is 2.17 bits per heavy atom. The molecule has 98 valence electrons. The van der Waals surface area contributed by atoms with Gasteiger partial charge in [0.2, 0.25) is 0 Å². The molecule has 0 aromatic heterocycles. The van der Waals surface area contributed by atoms with Gasteiger partial charge in [-0.05, 0) is 41.9 Å². The lowest BCUT2D eigenvalue weighted by Crippen LogP contribution is -2.11. The largest absolute Gasteiger partial charge is 0.493 e. The normalized spacial score (nSPS) is 25.0. The monoisotopic (exact) mass is 328 g/mol. The second-order valence-corrected chi connectivity index (χ2v) is 7.55. The topological polar surface area (TPSA) is 9.23 Å². The lowest BCUT2D eigenvalue weighted by Gasteiger charge is -2.23. The zero-order valence-electron chi connectivity index (χ0n) is 10.9. The molecule has 3 rings (SSSR count). The quantitative estimate of drug-likeness (QED) is 0.479. The number of halogens is 2. The van der Waals surface area contributed by atoms with Gasteiger partial charge in [-0.1, -0.05) is 29.8 Å². The van der Waals surface area contributed by atoms with Crippen molar-refractivity contribution in [3.63, 3.8) is 0 Å². The van der Waals surface area contributed by atoms with Crippen molar-refractivity contribution in [3.8, 4) is 5.75 Å². The number of hydrogen-bond donors (Lipinski definition) is 0. The second kappa shape index (κ2) is 4.42. The second-order valence-electron chi connectivity index (χ2n) is 6.17. The fourth-order valence-electron chi connectivity index (χ4n) is 3.12. The number of ether oxygens (including phenoxy) is 1. The minimum Gasteiger partial charge on any atom is -0.493 e. The maximum Gasteiger partial charge on any atom is 0.126 e. The maximum absolute atomic E-state index is 6.66. The molecule has 1 unspecified atom stereocenters. The molecule has 18 heavy (non-hydrogen) atoms. The van der Waals surface area contributed by atoms with Gasteiger partial charge in [-0.3, -0.25) is 0 Å². The van der Waals surface area contributed by atoms with Crippen molar-refractivity contribution in [3.05, 3.63) is 27.2 Å². The molecule has 0 N–H and O–H groups in total. The Bertz CT molecular complexity index is 496. The van der Waals surface area contributed by atoms with Gasteiger partial charge in [0.25, 0.3) is 0 Å². The minimum atomic E-state index is 0.0846. The first-order valence-electron chi connectivity index (χ1n) is 6.59. The Morgan fingerprint density at radius 1 is 1.39 bits per heavy atom. The first-order chi connectivity index (χ1) is 8.48. The number of benzene rings is 1. The van der Waals surface area contributed by atoms with Crippen LogP contribution in [0, 0.1) is 5.41 Å². The Labute approximate surface area is 122 Å². The van der Waals surface area contributed by atoms with Gasteiger partial charge < -0.3 is 4.74 Å². The predicted octanol–water partition coefficient (Wildman–Crippen LogP) is 5.03. The van der Waals surface area contributed by atoms with Crippen LogP contribution in [0.1, 0.15) is 48.8 Å². The molecule has 0 saturated heterocycles. The lowest BCUT2D eigenvalue weighted by atomic mass is 9.84. The molecule has 0 saturated carbocycles. The molecular weight excluding hydrogens is 312 g/mol. The molecule has 0 amide bonds. The molecular formula is C15H18BrClO. The minimum absolute atomic E-state index is 0.0846. The van der Waals surface area contributed by atoms with E-state index >= 15 is 0 Å². The summed E-state index contributed by atoms with van der Waals surface area (Å²) < 4.78 is 7.01. The van der Waals surface area contributed by atoms with Crippen molar-refractivity contribution in [1.82, 2.24) is 0 Å². The summed E-state index contributed by atoms with van der Waals surface area (Å²) in [5.41, 5.74) is 4.26. The average molecular weight is 330 g/mol. The van der Waals surface area contributed by atoms with E-state index in [4.69, 9.17) is 16.3 Å². The maximum atomic E-state index is 6.66. The Balaban J connectivity index is 2.15. The van der Waals surface area contributed by atoms with E-state index in [9.17, 15) is 0 Å². The van der Waals surface area contributed by atoms with Crippen LogP contribution in [0.2, 0.25) is 0 Å². The highest BCUT2D eigenvalue weighted by Gasteiger charge is 2.33. The van der Waals surface area contributed by atoms with Crippen LogP contribution in [0.4, 0.5) is 0 Å². The third-order valence-corrected chi connectivity index (χ3v) is 5.19. The Morgan fingerprint density at radius 3 is 2.94 bits per heavy atom. The summed E-state index contributed by atoms with van der Waals surface area (Å²) in [7, 11) is 0. The molecule has 0 bridgehead atoms. The van der Waals surface area contributed by atoms with Gasteiger partial charge in [0.1, 0.15) is 5.75 Å². The summed E-state index contributed by atoms with van der Waals surface area (Å²) in [6, 6.07) is 2.20. The third kappa shape index (κ3) is 2.08. The van der Waals surface area contributed by atoms with Gasteiger partial charge in [-0.25, -0.2) is 0 Å². The van der Waals surface area contributed by atoms with Gasteiger partial charge >= 0.3 is 0 Å². The molecule has 1 aliphatic heterocycles. The van der Waals surface area contributed by atoms with Crippen LogP contribution in [-0.4, -0.2) is 6.61 Å². The number of rotatable bonds is 0. The Kier molecular flexibility index (Phi) is 3.14. The SMILES string of the molecule is CC1(C)CCc2c3c(cc(Br)c2C(Cl)C1)CCO3. The molecule has 3 heteroatoms. The van der Waals surface area contributed by atoms with Gasteiger partial charge in [0, 0.05) is 16.5 Å². The predicted molar refractivity (Wildman–Crippen MR) is 78.7 cm³/mol. The van der Waals surface area contributed by atoms with Crippen LogP contribution >= 0.6 is 27.5 Å². The molecule has 1 aromatic carbocycles. The zero-order chi connectivity index (χ0) is 12.9. The Hall–Kier alpha value is -0.210. The molecule has 2 aliphatic rings.